The fourth-order valence-electron chi connectivity index (χ4n) is 2.33. The minimum Gasteiger partial charge on any atom is -0.366 e. The fourth-order valence-corrected chi connectivity index (χ4v) is 2.33. The normalized spacial score (nSPS) is 19.4. The zero-order chi connectivity index (χ0) is 14.0. The molecule has 1 aromatic rings. The van der Waals surface area contributed by atoms with E-state index in [9.17, 15) is 9.59 Å². The number of nitrogens with two attached hydrogens (primary N) is 1. The van der Waals surface area contributed by atoms with Crippen LogP contribution in [0.4, 0.5) is 5.69 Å². The lowest BCUT2D eigenvalue weighted by Gasteiger charge is -2.20. The lowest BCUT2D eigenvalue weighted by molar-refractivity contribution is -0.121. The number of anilines is 1. The molecule has 0 spiro atoms. The molecule has 2 rings (SSSR count). The maximum absolute atomic E-state index is 12.1. The van der Waals surface area contributed by atoms with Gasteiger partial charge in [-0.3, -0.25) is 9.59 Å². The van der Waals surface area contributed by atoms with Crippen LogP contribution in [0.15, 0.2) is 24.3 Å². The van der Waals surface area contributed by atoms with Crippen molar-refractivity contribution < 1.29 is 9.59 Å². The molecule has 0 fully saturated rings. The zero-order valence-electron chi connectivity index (χ0n) is 11.2. The van der Waals surface area contributed by atoms with Crippen LogP contribution < -0.4 is 10.6 Å². The molecule has 4 nitrogen and oxygen atoms in total. The quantitative estimate of drug-likeness (QED) is 0.821. The van der Waals surface area contributed by atoms with Gasteiger partial charge in [-0.15, -0.1) is 0 Å². The fraction of sp³-hybridized carbons (Fsp3) is 0.333. The van der Waals surface area contributed by atoms with Crippen molar-refractivity contribution in [2.75, 3.05) is 11.9 Å². The van der Waals surface area contributed by atoms with Gasteiger partial charge in [0.2, 0.25) is 11.8 Å². The van der Waals surface area contributed by atoms with E-state index in [1.54, 1.807) is 18.0 Å². The lowest BCUT2D eigenvalue weighted by atomic mass is 10.0. The number of aryl methyl sites for hydroxylation is 1. The van der Waals surface area contributed by atoms with E-state index in [1.807, 2.05) is 25.1 Å². The van der Waals surface area contributed by atoms with Gasteiger partial charge in [0, 0.05) is 24.7 Å². The maximum atomic E-state index is 12.1. The van der Waals surface area contributed by atoms with Crippen molar-refractivity contribution in [2.24, 2.45) is 11.7 Å². The number of primary amides is 1. The summed E-state index contributed by atoms with van der Waals surface area (Å²) in [6, 6.07) is 5.87. The Morgan fingerprint density at radius 3 is 2.89 bits per heavy atom. The molecule has 1 atom stereocenters. The van der Waals surface area contributed by atoms with Crippen molar-refractivity contribution in [1.29, 1.82) is 0 Å². The van der Waals surface area contributed by atoms with Crippen LogP contribution in [0.2, 0.25) is 0 Å². The largest absolute Gasteiger partial charge is 0.366 e. The van der Waals surface area contributed by atoms with Gasteiger partial charge in [-0.1, -0.05) is 19.1 Å². The number of rotatable bonds is 2. The Balaban J connectivity index is 2.38. The first kappa shape index (κ1) is 13.3. The summed E-state index contributed by atoms with van der Waals surface area (Å²) >= 11 is 0. The Morgan fingerprint density at radius 2 is 2.21 bits per heavy atom. The molecule has 1 heterocycles. The van der Waals surface area contributed by atoms with E-state index in [-0.39, 0.29) is 11.8 Å². The highest BCUT2D eigenvalue weighted by atomic mass is 16.2. The van der Waals surface area contributed by atoms with Gasteiger partial charge in [-0.2, -0.15) is 0 Å². The summed E-state index contributed by atoms with van der Waals surface area (Å²) in [5.74, 6) is -0.301. The van der Waals surface area contributed by atoms with E-state index in [0.29, 0.717) is 0 Å². The van der Waals surface area contributed by atoms with Crippen molar-refractivity contribution in [3.63, 3.8) is 0 Å². The standard InChI is InChI=1S/C15H18N2O2/c1-10-3-6-12-7-4-11(5-8-14(16)18)9-13(12)17(2)15(10)19/h4-5,7-10H,3,6H2,1-2H3,(H2,16,18)/b8-5+/t10-/m0/s1. The minimum absolute atomic E-state index is 0.0435. The van der Waals surface area contributed by atoms with Crippen LogP contribution in [0.3, 0.4) is 0 Å². The second-order valence-electron chi connectivity index (χ2n) is 4.96. The first-order valence-corrected chi connectivity index (χ1v) is 6.37. The Kier molecular flexibility index (Phi) is 3.69. The average molecular weight is 258 g/mol. The number of carbonyl (C=O) groups is 2. The first-order chi connectivity index (χ1) is 8.99. The molecule has 1 aliphatic rings. The van der Waals surface area contributed by atoms with Gasteiger partial charge in [-0.25, -0.2) is 0 Å². The van der Waals surface area contributed by atoms with Gasteiger partial charge in [0.05, 0.1) is 0 Å². The molecule has 0 aliphatic carbocycles. The molecule has 2 N–H and O–H groups in total. The van der Waals surface area contributed by atoms with Crippen LogP contribution in [0.5, 0.6) is 0 Å². The second kappa shape index (κ2) is 5.26. The molecular formula is C15H18N2O2. The highest BCUT2D eigenvalue weighted by molar-refractivity contribution is 5.96. The molecule has 1 aliphatic heterocycles. The van der Waals surface area contributed by atoms with E-state index in [0.717, 1.165) is 29.7 Å². The molecular weight excluding hydrogens is 240 g/mol. The van der Waals surface area contributed by atoms with Crippen LogP contribution in [-0.4, -0.2) is 18.9 Å². The number of hydrogen-bond acceptors (Lipinski definition) is 2. The molecule has 0 bridgehead atoms. The molecule has 4 heteroatoms. The van der Waals surface area contributed by atoms with Crippen molar-refractivity contribution in [3.05, 3.63) is 35.4 Å². The smallest absolute Gasteiger partial charge is 0.241 e. The monoisotopic (exact) mass is 258 g/mol. The summed E-state index contributed by atoms with van der Waals surface area (Å²) in [6.45, 7) is 1.96. The predicted molar refractivity (Wildman–Crippen MR) is 75.6 cm³/mol. The third kappa shape index (κ3) is 2.84. The van der Waals surface area contributed by atoms with E-state index in [1.165, 1.54) is 6.08 Å². The molecule has 2 amide bonds. The molecule has 0 aromatic heterocycles. The Morgan fingerprint density at radius 1 is 1.47 bits per heavy atom. The van der Waals surface area contributed by atoms with E-state index < -0.39 is 5.91 Å². The highest BCUT2D eigenvalue weighted by Crippen LogP contribution is 2.29. The third-order valence-electron chi connectivity index (χ3n) is 3.51. The van der Waals surface area contributed by atoms with Crippen LogP contribution >= 0.6 is 0 Å². The van der Waals surface area contributed by atoms with Crippen molar-refractivity contribution in [1.82, 2.24) is 0 Å². The average Bonchev–Trinajstić information content (AvgIpc) is 2.49. The van der Waals surface area contributed by atoms with E-state index in [4.69, 9.17) is 5.73 Å². The molecule has 1 aromatic carbocycles. The number of hydrogen-bond donors (Lipinski definition) is 1. The van der Waals surface area contributed by atoms with Gasteiger partial charge >= 0.3 is 0 Å². The summed E-state index contributed by atoms with van der Waals surface area (Å²) in [7, 11) is 1.80. The first-order valence-electron chi connectivity index (χ1n) is 6.37. The van der Waals surface area contributed by atoms with Crippen LogP contribution in [0, 0.1) is 5.92 Å². The number of fused-ring (bicyclic) bond motifs is 1. The molecule has 0 unspecified atom stereocenters. The Bertz CT molecular complexity index is 549. The summed E-state index contributed by atoms with van der Waals surface area (Å²) in [4.78, 5) is 24.6. The molecule has 0 saturated heterocycles. The minimum atomic E-state index is -0.479. The zero-order valence-corrected chi connectivity index (χ0v) is 11.2. The third-order valence-corrected chi connectivity index (χ3v) is 3.51. The van der Waals surface area contributed by atoms with Gasteiger partial charge < -0.3 is 10.6 Å². The Labute approximate surface area is 112 Å². The van der Waals surface area contributed by atoms with Gasteiger partial charge in [-0.05, 0) is 36.1 Å². The molecule has 100 valence electrons. The molecule has 0 radical (unpaired) electrons. The summed E-state index contributed by atoms with van der Waals surface area (Å²) in [5.41, 5.74) is 8.03. The number of benzene rings is 1. The lowest BCUT2D eigenvalue weighted by Crippen LogP contribution is -2.30. The maximum Gasteiger partial charge on any atom is 0.241 e. The van der Waals surface area contributed by atoms with Crippen molar-refractivity contribution in [2.45, 2.75) is 19.8 Å². The van der Waals surface area contributed by atoms with Crippen LogP contribution in [0.1, 0.15) is 24.5 Å². The van der Waals surface area contributed by atoms with Gasteiger partial charge in [0.1, 0.15) is 0 Å². The topological polar surface area (TPSA) is 63.4 Å². The van der Waals surface area contributed by atoms with Gasteiger partial charge in [0.25, 0.3) is 0 Å². The van der Waals surface area contributed by atoms with Crippen molar-refractivity contribution in [3.8, 4) is 0 Å². The molecule has 19 heavy (non-hydrogen) atoms. The summed E-state index contributed by atoms with van der Waals surface area (Å²) in [5, 5.41) is 0. The number of nitrogens with zero attached hydrogens (tertiary/aromatic N) is 1. The van der Waals surface area contributed by atoms with E-state index in [2.05, 4.69) is 0 Å². The van der Waals surface area contributed by atoms with Crippen molar-refractivity contribution >= 4 is 23.6 Å². The second-order valence-corrected chi connectivity index (χ2v) is 4.96. The van der Waals surface area contributed by atoms with Crippen LogP contribution in [0.25, 0.3) is 6.08 Å². The predicted octanol–water partition coefficient (Wildman–Crippen LogP) is 1.73. The summed E-state index contributed by atoms with van der Waals surface area (Å²) in [6.07, 6.45) is 4.75. The number of carbonyl (C=O) groups excluding carboxylic acids is 2. The van der Waals surface area contributed by atoms with E-state index >= 15 is 0 Å². The SMILES string of the molecule is C[C@H]1CCc2ccc(/C=C/C(N)=O)cc2N(C)C1=O. The Hall–Kier alpha value is -2.10. The molecule has 0 saturated carbocycles. The van der Waals surface area contributed by atoms with Crippen LogP contribution in [-0.2, 0) is 16.0 Å². The van der Waals surface area contributed by atoms with Gasteiger partial charge in [0.15, 0.2) is 0 Å². The highest BCUT2D eigenvalue weighted by Gasteiger charge is 2.24. The summed E-state index contributed by atoms with van der Waals surface area (Å²) < 4.78 is 0. The number of amides is 2.